The van der Waals surface area contributed by atoms with Crippen LogP contribution in [0.3, 0.4) is 0 Å². The Kier molecular flexibility index (Phi) is 6.73. The molecule has 178 valence electrons. The van der Waals surface area contributed by atoms with E-state index >= 15 is 0 Å². The minimum absolute atomic E-state index is 0.121. The maximum Gasteiger partial charge on any atom is 0.200 e. The molecule has 1 saturated heterocycles. The van der Waals surface area contributed by atoms with Crippen molar-refractivity contribution in [2.75, 3.05) is 18.4 Å². The number of nitrogens with zero attached hydrogens (tertiary/aromatic N) is 4. The summed E-state index contributed by atoms with van der Waals surface area (Å²) in [4.78, 5) is 7.13. The Labute approximate surface area is 204 Å². The van der Waals surface area contributed by atoms with Gasteiger partial charge in [-0.3, -0.25) is 9.88 Å². The van der Waals surface area contributed by atoms with Gasteiger partial charge >= 0.3 is 0 Å². The van der Waals surface area contributed by atoms with Gasteiger partial charge in [0.1, 0.15) is 5.82 Å². The second-order valence-electron chi connectivity index (χ2n) is 10.0. The van der Waals surface area contributed by atoms with Gasteiger partial charge in [0.2, 0.25) is 0 Å². The van der Waals surface area contributed by atoms with Crippen molar-refractivity contribution in [2.45, 2.75) is 74.7 Å². The lowest BCUT2D eigenvalue weighted by molar-refractivity contribution is 0.297. The average Bonchev–Trinajstić information content (AvgIpc) is 3.34. The van der Waals surface area contributed by atoms with Crippen LogP contribution in [0.1, 0.15) is 56.2 Å². The Balaban J connectivity index is 1.14. The lowest BCUT2D eigenvalue weighted by Crippen LogP contribution is -2.26. The number of halogens is 1. The fourth-order valence-corrected chi connectivity index (χ4v) is 8.05. The number of nitrogens with one attached hydrogen (secondary N) is 1. The van der Waals surface area contributed by atoms with Crippen LogP contribution < -0.4 is 5.32 Å². The lowest BCUT2D eigenvalue weighted by atomic mass is 10.0. The summed E-state index contributed by atoms with van der Waals surface area (Å²) in [5.41, 5.74) is 2.39. The number of likely N-dealkylation sites (tertiary alicyclic amines) is 1. The standard InChI is InChI=1S/C24H32BrN5O2S/c1-16-9-19(25)12-26-22(16)15-30-13-17-10-20(11-18(17)14-30)27-23-7-8-24(29-28-23)33(31,32)21-5-3-2-4-6-21/h7-9,12,17-18,20-21H,2-6,10-11,13-15H2,1H3,(H,27,28)/t17-,18+,20?. The molecular formula is C24H32BrN5O2S. The molecule has 3 heterocycles. The maximum absolute atomic E-state index is 12.8. The third kappa shape index (κ3) is 5.10. The number of anilines is 1. The maximum atomic E-state index is 12.8. The average molecular weight is 535 g/mol. The Bertz CT molecular complexity index is 1070. The molecule has 1 unspecified atom stereocenters. The van der Waals surface area contributed by atoms with Gasteiger partial charge in [0.15, 0.2) is 14.9 Å². The Morgan fingerprint density at radius 1 is 1.09 bits per heavy atom. The molecular weight excluding hydrogens is 502 g/mol. The first-order valence-electron chi connectivity index (χ1n) is 12.1. The molecule has 5 rings (SSSR count). The summed E-state index contributed by atoms with van der Waals surface area (Å²) in [6.07, 6.45) is 8.67. The molecule has 0 amide bonds. The summed E-state index contributed by atoms with van der Waals surface area (Å²) < 4.78 is 26.7. The van der Waals surface area contributed by atoms with Crippen molar-refractivity contribution in [3.05, 3.63) is 40.1 Å². The molecule has 2 aliphatic carbocycles. The minimum atomic E-state index is -3.37. The van der Waals surface area contributed by atoms with Crippen molar-refractivity contribution < 1.29 is 8.42 Å². The van der Waals surface area contributed by atoms with Gasteiger partial charge in [-0.25, -0.2) is 8.42 Å². The number of fused-ring (bicyclic) bond motifs is 1. The van der Waals surface area contributed by atoms with Crippen molar-refractivity contribution in [2.24, 2.45) is 11.8 Å². The third-order valence-electron chi connectivity index (χ3n) is 7.63. The Morgan fingerprint density at radius 3 is 2.45 bits per heavy atom. The van der Waals surface area contributed by atoms with Crippen LogP contribution in [0.4, 0.5) is 5.82 Å². The fourth-order valence-electron chi connectivity index (χ4n) is 5.89. The molecule has 3 aliphatic rings. The molecule has 0 bridgehead atoms. The topological polar surface area (TPSA) is 88.1 Å². The van der Waals surface area contributed by atoms with Gasteiger partial charge in [-0.1, -0.05) is 19.3 Å². The number of pyridine rings is 1. The molecule has 0 radical (unpaired) electrons. The van der Waals surface area contributed by atoms with E-state index in [1.54, 1.807) is 12.1 Å². The van der Waals surface area contributed by atoms with E-state index in [1.807, 2.05) is 6.20 Å². The van der Waals surface area contributed by atoms with Crippen LogP contribution in [0.5, 0.6) is 0 Å². The molecule has 7 nitrogen and oxygen atoms in total. The van der Waals surface area contributed by atoms with Crippen LogP contribution in [0.2, 0.25) is 0 Å². The van der Waals surface area contributed by atoms with Gasteiger partial charge in [-0.15, -0.1) is 10.2 Å². The van der Waals surface area contributed by atoms with Crippen molar-refractivity contribution in [1.29, 1.82) is 0 Å². The first kappa shape index (κ1) is 23.2. The zero-order chi connectivity index (χ0) is 23.0. The SMILES string of the molecule is Cc1cc(Br)cnc1CN1C[C@H]2CC(Nc3ccc(S(=O)(=O)C4CCCCC4)nn3)C[C@H]2C1. The van der Waals surface area contributed by atoms with Crippen LogP contribution in [0, 0.1) is 18.8 Å². The molecule has 2 aromatic heterocycles. The monoisotopic (exact) mass is 533 g/mol. The third-order valence-corrected chi connectivity index (χ3v) is 10.2. The second-order valence-corrected chi connectivity index (χ2v) is 13.1. The van der Waals surface area contributed by atoms with Crippen LogP contribution in [0.15, 0.2) is 33.9 Å². The van der Waals surface area contributed by atoms with E-state index in [9.17, 15) is 8.42 Å². The minimum Gasteiger partial charge on any atom is -0.366 e. The normalized spacial score (nSPS) is 26.4. The number of aromatic nitrogens is 3. The number of hydrogen-bond donors (Lipinski definition) is 1. The Hall–Kier alpha value is -1.58. The number of rotatable bonds is 6. The summed E-state index contributed by atoms with van der Waals surface area (Å²) >= 11 is 3.49. The molecule has 2 saturated carbocycles. The summed E-state index contributed by atoms with van der Waals surface area (Å²) in [6.45, 7) is 5.23. The van der Waals surface area contributed by atoms with Crippen molar-refractivity contribution in [1.82, 2.24) is 20.1 Å². The van der Waals surface area contributed by atoms with E-state index in [2.05, 4.69) is 54.3 Å². The second kappa shape index (κ2) is 9.58. The summed E-state index contributed by atoms with van der Waals surface area (Å²) in [5.74, 6) is 2.03. The van der Waals surface area contributed by atoms with Gasteiger partial charge < -0.3 is 5.32 Å². The molecule has 9 heteroatoms. The predicted octanol–water partition coefficient (Wildman–Crippen LogP) is 4.37. The fraction of sp³-hybridized carbons (Fsp3) is 0.625. The predicted molar refractivity (Wildman–Crippen MR) is 132 cm³/mol. The number of hydrogen-bond acceptors (Lipinski definition) is 7. The summed E-state index contributed by atoms with van der Waals surface area (Å²) in [5, 5.41) is 11.6. The molecule has 1 N–H and O–H groups in total. The van der Waals surface area contributed by atoms with Crippen LogP contribution in [-0.2, 0) is 16.4 Å². The van der Waals surface area contributed by atoms with Crippen molar-refractivity contribution in [3.8, 4) is 0 Å². The molecule has 3 atom stereocenters. The van der Waals surface area contributed by atoms with Crippen LogP contribution in [-0.4, -0.2) is 52.9 Å². The first-order valence-corrected chi connectivity index (χ1v) is 14.4. The van der Waals surface area contributed by atoms with Crippen molar-refractivity contribution >= 4 is 31.6 Å². The molecule has 1 aliphatic heterocycles. The smallest absolute Gasteiger partial charge is 0.200 e. The van der Waals surface area contributed by atoms with E-state index in [0.29, 0.717) is 23.7 Å². The van der Waals surface area contributed by atoms with Gasteiger partial charge in [-0.2, -0.15) is 0 Å². The molecule has 0 spiro atoms. The lowest BCUT2D eigenvalue weighted by Gasteiger charge is -2.21. The van der Waals surface area contributed by atoms with E-state index < -0.39 is 9.84 Å². The van der Waals surface area contributed by atoms with Crippen LogP contribution in [0.25, 0.3) is 0 Å². The zero-order valence-electron chi connectivity index (χ0n) is 19.1. The highest BCUT2D eigenvalue weighted by molar-refractivity contribution is 9.10. The van der Waals surface area contributed by atoms with Crippen LogP contribution >= 0.6 is 15.9 Å². The van der Waals surface area contributed by atoms with Gasteiger partial charge in [-0.05, 0) is 84.1 Å². The molecule has 33 heavy (non-hydrogen) atoms. The largest absolute Gasteiger partial charge is 0.366 e. The first-order chi connectivity index (χ1) is 15.9. The highest BCUT2D eigenvalue weighted by Crippen LogP contribution is 2.39. The quantitative estimate of drug-likeness (QED) is 0.589. The van der Waals surface area contributed by atoms with E-state index in [0.717, 1.165) is 74.7 Å². The van der Waals surface area contributed by atoms with Crippen molar-refractivity contribution in [3.63, 3.8) is 0 Å². The van der Waals surface area contributed by atoms with Gasteiger partial charge in [0.05, 0.1) is 10.9 Å². The highest BCUT2D eigenvalue weighted by Gasteiger charge is 2.41. The van der Waals surface area contributed by atoms with Gasteiger partial charge in [0.25, 0.3) is 0 Å². The summed E-state index contributed by atoms with van der Waals surface area (Å²) in [7, 11) is -3.37. The number of aryl methyl sites for hydroxylation is 1. The highest BCUT2D eigenvalue weighted by atomic mass is 79.9. The molecule has 2 aromatic rings. The summed E-state index contributed by atoms with van der Waals surface area (Å²) in [6, 6.07) is 5.91. The molecule has 0 aromatic carbocycles. The van der Waals surface area contributed by atoms with E-state index in [1.165, 1.54) is 5.56 Å². The Morgan fingerprint density at radius 2 is 1.82 bits per heavy atom. The van der Waals surface area contributed by atoms with Gasteiger partial charge in [0, 0.05) is 36.3 Å². The van der Waals surface area contributed by atoms with E-state index in [-0.39, 0.29) is 10.3 Å². The van der Waals surface area contributed by atoms with E-state index in [4.69, 9.17) is 0 Å². The number of sulfone groups is 1. The molecule has 3 fully saturated rings. The zero-order valence-corrected chi connectivity index (χ0v) is 21.5.